The number of para-hydroxylation sites is 1. The minimum absolute atomic E-state index is 0.0810. The average molecular weight is 1730 g/mol. The van der Waals surface area contributed by atoms with Gasteiger partial charge in [0.25, 0.3) is 5.69 Å². The molecule has 124 heavy (non-hydrogen) atoms. The SMILES string of the molecule is COc1cc(/C=C/c2ccc(C)cc2)c(OC2O[C@H](CO)[C@@H](O)[C@H](O)[C@H]2O)c(OC)c1.COc1cc(/C=C/c2cccc(C)c2)c(OC2O[C@H](CO)[C@@H](O)[C@H](O)[C@H]2O)c(OC)c1.COc1cc(/C=C/c2ccccc2[N+](=O)[O-])c(OC2O[C@H](CO)[C@@H](O)[C@H](O)[C@H]2O)c(OC)c1.Cc1ccc(/C=C/c2cc(O)cc(O)c2OC2O[C@H](CO)[C@@H](O)[C@H](O)[C@H]2O)cc1. The highest BCUT2D eigenvalue weighted by molar-refractivity contribution is 5.80. The van der Waals surface area contributed by atoms with E-state index in [2.05, 4.69) is 0 Å². The van der Waals surface area contributed by atoms with E-state index in [4.69, 9.17) is 66.3 Å². The quantitative estimate of drug-likeness (QED) is 0.0192. The molecule has 35 heteroatoms. The molecular weight excluding hydrogens is 1630 g/mol. The van der Waals surface area contributed by atoms with Crippen molar-refractivity contribution in [2.24, 2.45) is 0 Å². The van der Waals surface area contributed by atoms with E-state index >= 15 is 0 Å². The molecule has 0 spiro atoms. The summed E-state index contributed by atoms with van der Waals surface area (Å²) in [5.41, 5.74) is 8.22. The van der Waals surface area contributed by atoms with Gasteiger partial charge in [-0.1, -0.05) is 144 Å². The number of ether oxygens (including phenoxy) is 14. The highest BCUT2D eigenvalue weighted by atomic mass is 16.7. The minimum Gasteiger partial charge on any atom is -0.508 e. The Hall–Kier alpha value is -11.1. The summed E-state index contributed by atoms with van der Waals surface area (Å²) in [6.45, 7) is 3.65. The van der Waals surface area contributed by atoms with Crippen LogP contribution in [0.3, 0.4) is 0 Å². The van der Waals surface area contributed by atoms with E-state index in [1.807, 2.05) is 106 Å². The van der Waals surface area contributed by atoms with E-state index in [1.54, 1.807) is 72.8 Å². The number of rotatable bonds is 27. The number of aliphatic hydroxyl groups excluding tert-OH is 16. The Bertz CT molecular complexity index is 4880. The van der Waals surface area contributed by atoms with Crippen molar-refractivity contribution in [3.63, 3.8) is 0 Å². The third-order valence-corrected chi connectivity index (χ3v) is 20.1. The van der Waals surface area contributed by atoms with E-state index in [-0.39, 0.29) is 40.2 Å². The molecular formula is C89H105NO34. The van der Waals surface area contributed by atoms with Crippen molar-refractivity contribution >= 4 is 54.3 Å². The maximum atomic E-state index is 11.3. The van der Waals surface area contributed by atoms with Crippen LogP contribution in [0.4, 0.5) is 5.69 Å². The second-order valence-corrected chi connectivity index (χ2v) is 28.8. The molecule has 4 aliphatic heterocycles. The Labute approximate surface area is 713 Å². The molecule has 4 aliphatic rings. The zero-order valence-corrected chi connectivity index (χ0v) is 68.9. The minimum atomic E-state index is -1.64. The van der Waals surface area contributed by atoms with Crippen LogP contribution in [-0.2, 0) is 18.9 Å². The van der Waals surface area contributed by atoms with Crippen molar-refractivity contribution in [1.29, 1.82) is 0 Å². The summed E-state index contributed by atoms with van der Waals surface area (Å²) in [5, 5.41) is 190. The maximum Gasteiger partial charge on any atom is 0.276 e. The Morgan fingerprint density at radius 2 is 0.637 bits per heavy atom. The zero-order valence-electron chi connectivity index (χ0n) is 68.9. The number of aliphatic hydroxyl groups is 16. The van der Waals surface area contributed by atoms with Gasteiger partial charge in [0.15, 0.2) is 46.0 Å². The number of phenols is 2. The van der Waals surface area contributed by atoms with Gasteiger partial charge >= 0.3 is 0 Å². The lowest BCUT2D eigenvalue weighted by molar-refractivity contribution is -0.385. The first-order chi connectivity index (χ1) is 59.3. The number of nitrogens with zero attached hydrogens (tertiary/aromatic N) is 1. The second-order valence-electron chi connectivity index (χ2n) is 28.8. The Morgan fingerprint density at radius 1 is 0.323 bits per heavy atom. The molecule has 0 saturated carbocycles. The van der Waals surface area contributed by atoms with Crippen molar-refractivity contribution in [1.82, 2.24) is 0 Å². The van der Waals surface area contributed by atoms with Gasteiger partial charge in [-0.3, -0.25) is 10.1 Å². The maximum absolute atomic E-state index is 11.3. The first kappa shape index (κ1) is 96.7. The lowest BCUT2D eigenvalue weighted by Gasteiger charge is -2.39. The fraction of sp³-hybridized carbons (Fsp3) is 0.371. The van der Waals surface area contributed by atoms with Gasteiger partial charge in [0.05, 0.1) is 79.6 Å². The number of hydrogen-bond acceptors (Lipinski definition) is 34. The van der Waals surface area contributed by atoms with E-state index < -0.39 is 160 Å². The summed E-state index contributed by atoms with van der Waals surface area (Å²) in [5.74, 6) is 2.14. The van der Waals surface area contributed by atoms with Gasteiger partial charge in [0.2, 0.25) is 25.2 Å². The molecule has 0 aromatic heterocycles. The smallest absolute Gasteiger partial charge is 0.276 e. The second kappa shape index (κ2) is 45.5. The fourth-order valence-electron chi connectivity index (χ4n) is 13.0. The molecule has 670 valence electrons. The third kappa shape index (κ3) is 24.5. The van der Waals surface area contributed by atoms with Crippen LogP contribution in [0.5, 0.6) is 69.0 Å². The average Bonchev–Trinajstić information content (AvgIpc) is 0.801. The van der Waals surface area contributed by atoms with Crippen LogP contribution in [0, 0.1) is 30.9 Å². The monoisotopic (exact) mass is 1730 g/mol. The molecule has 4 saturated heterocycles. The van der Waals surface area contributed by atoms with Crippen molar-refractivity contribution in [3.8, 4) is 69.0 Å². The highest BCUT2D eigenvalue weighted by Gasteiger charge is 2.49. The van der Waals surface area contributed by atoms with E-state index in [9.17, 15) is 102 Å². The van der Waals surface area contributed by atoms with Crippen LogP contribution in [0.25, 0.3) is 48.6 Å². The number of aryl methyl sites for hydroxylation is 3. The van der Waals surface area contributed by atoms with Gasteiger partial charge < -0.3 is 158 Å². The Morgan fingerprint density at radius 3 is 0.960 bits per heavy atom. The van der Waals surface area contributed by atoms with Gasteiger partial charge in [-0.25, -0.2) is 0 Å². The van der Waals surface area contributed by atoms with E-state index in [1.165, 1.54) is 73.0 Å². The molecule has 0 aliphatic carbocycles. The van der Waals surface area contributed by atoms with Crippen LogP contribution in [0.1, 0.15) is 61.2 Å². The molecule has 20 atom stereocenters. The number of nitro benzene ring substituents is 1. The molecule has 0 bridgehead atoms. The van der Waals surface area contributed by atoms with Crippen molar-refractivity contribution in [2.45, 2.75) is 144 Å². The number of nitro groups is 1. The lowest BCUT2D eigenvalue weighted by Crippen LogP contribution is -2.60. The Balaban J connectivity index is 0.000000188. The number of aromatic hydroxyl groups is 2. The number of benzene rings is 8. The van der Waals surface area contributed by atoms with Gasteiger partial charge in [-0.15, -0.1) is 0 Å². The molecule has 4 unspecified atom stereocenters. The predicted octanol–water partition coefficient (Wildman–Crippen LogP) is 4.44. The summed E-state index contributed by atoms with van der Waals surface area (Å²) in [6, 6.07) is 41.9. The summed E-state index contributed by atoms with van der Waals surface area (Å²) in [7, 11) is 8.81. The molecule has 12 rings (SSSR count). The van der Waals surface area contributed by atoms with Crippen LogP contribution in [-0.4, -0.2) is 289 Å². The first-order valence-electron chi connectivity index (χ1n) is 38.7. The van der Waals surface area contributed by atoms with Crippen LogP contribution < -0.4 is 47.4 Å². The van der Waals surface area contributed by atoms with E-state index in [0.29, 0.717) is 56.6 Å². The first-order valence-corrected chi connectivity index (χ1v) is 38.7. The summed E-state index contributed by atoms with van der Waals surface area (Å²) in [4.78, 5) is 10.8. The van der Waals surface area contributed by atoms with Gasteiger partial charge in [-0.2, -0.15) is 0 Å². The molecule has 35 nitrogen and oxygen atoms in total. The normalized spacial score (nSPS) is 26.1. The largest absolute Gasteiger partial charge is 0.508 e. The topological polar surface area (TPSA) is 537 Å². The Kier molecular flexibility index (Phi) is 35.5. The van der Waals surface area contributed by atoms with Crippen molar-refractivity contribution in [3.05, 3.63) is 217 Å². The van der Waals surface area contributed by atoms with Crippen LogP contribution in [0.2, 0.25) is 0 Å². The summed E-state index contributed by atoms with van der Waals surface area (Å²) >= 11 is 0. The molecule has 4 fully saturated rings. The van der Waals surface area contributed by atoms with Crippen LogP contribution in [0.15, 0.2) is 146 Å². The molecule has 8 aromatic carbocycles. The van der Waals surface area contributed by atoms with Gasteiger partial charge in [-0.05, 0) is 73.9 Å². The van der Waals surface area contributed by atoms with Crippen molar-refractivity contribution in [2.75, 3.05) is 69.1 Å². The van der Waals surface area contributed by atoms with Crippen molar-refractivity contribution < 1.29 is 163 Å². The van der Waals surface area contributed by atoms with E-state index in [0.717, 1.165) is 39.4 Å². The lowest BCUT2D eigenvalue weighted by atomic mass is 9.99. The molecule has 4 heterocycles. The van der Waals surface area contributed by atoms with Crippen LogP contribution >= 0.6 is 0 Å². The fourth-order valence-corrected chi connectivity index (χ4v) is 13.0. The van der Waals surface area contributed by atoms with Gasteiger partial charge in [0.1, 0.15) is 121 Å². The number of methoxy groups -OCH3 is 6. The molecule has 18 N–H and O–H groups in total. The number of hydrogen-bond donors (Lipinski definition) is 18. The third-order valence-electron chi connectivity index (χ3n) is 20.1. The highest BCUT2D eigenvalue weighted by Crippen LogP contribution is 2.44. The molecule has 0 radical (unpaired) electrons. The molecule has 0 amide bonds. The zero-order chi connectivity index (χ0) is 90.3. The standard InChI is InChI=1S/2C23H28O8.C22H25NO10.C21H24O8/c1-13-4-6-14(7-5-13)8-9-15-10-16(28-2)11-17(29-3)22(15)31-23-21(27)20(26)19(25)18(12-24)30-23;1-13-5-4-6-14(9-13)7-8-15-10-16(28-2)11-17(29-3)22(15)31-23-21(27)20(26)19(25)18(12-24)30-23;1-30-14-9-13(8-7-12-5-3-4-6-15(12)23(28)29)21(16(10-14)31-2)33-22-20(27)19(26)18(25)17(11-24)32-22;1-11-2-4-12(5-3-11)6-7-13-8-14(23)9-15(24)20(13)29-21-19(27)18(26)17(25)16(10-22)28-21/h2*4-11,18-21,23-27H,12H2,1-3H3;3-10,17-20,22,24-27H,11H2,1-2H3;2-9,16-19,21-27H,10H2,1H3/b9-8+;2*8-7+;7-6+/t2*18-,19-,20+,21-,23?;17-,18-,19+,20-,22?;16-,17-,18+,19-,21?/m1111/s1. The summed E-state index contributed by atoms with van der Waals surface area (Å²) < 4.78 is 77.1. The predicted molar refractivity (Wildman–Crippen MR) is 448 cm³/mol. The summed E-state index contributed by atoms with van der Waals surface area (Å²) in [6.07, 6.45) is -15.0. The van der Waals surface area contributed by atoms with Gasteiger partial charge in [0, 0.05) is 52.6 Å². The molecule has 8 aromatic rings. The number of phenolic OH excluding ortho intramolecular Hbond substituents is 2.